The molecule has 0 aliphatic heterocycles. The number of carbonyl (C=O) groups excluding carboxylic acids is 2. The minimum absolute atomic E-state index is 0.0868. The number of nitro groups is 2. The van der Waals surface area contributed by atoms with E-state index in [1.165, 1.54) is 20.8 Å². The maximum Gasteiger partial charge on any atom is 0.408 e. The van der Waals surface area contributed by atoms with Gasteiger partial charge in [0.25, 0.3) is 11.4 Å². The number of carboxylic acid groups (broad SMARTS) is 1. The van der Waals surface area contributed by atoms with Crippen molar-refractivity contribution in [2.45, 2.75) is 45.1 Å². The molecule has 14 nitrogen and oxygen atoms in total. The molecule has 2 N–H and O–H groups in total. The van der Waals surface area contributed by atoms with Crippen LogP contribution in [0.5, 0.6) is 0 Å². The standard InChI is InChI=1S/C17H21N3O11/c1-17(2,3)31-16(24)18-12(14(21)22)13(15(23)29-4)30-8-9-5-10(19(25)26)7-11(6-9)20(27)28/h5-7,12-13H,8H2,1-4H3,(H,18,24)(H,21,22)/t12-,13-/m0/s1. The van der Waals surface area contributed by atoms with Gasteiger partial charge < -0.3 is 24.6 Å². The van der Waals surface area contributed by atoms with Crippen molar-refractivity contribution in [2.75, 3.05) is 7.11 Å². The Hall–Kier alpha value is -3.81. The van der Waals surface area contributed by atoms with E-state index >= 15 is 0 Å². The molecular weight excluding hydrogens is 422 g/mol. The van der Waals surface area contributed by atoms with Gasteiger partial charge in [-0.15, -0.1) is 0 Å². The van der Waals surface area contributed by atoms with E-state index in [1.807, 2.05) is 5.32 Å². The average Bonchev–Trinajstić information content (AvgIpc) is 2.64. The first-order valence-electron chi connectivity index (χ1n) is 8.59. The lowest BCUT2D eigenvalue weighted by molar-refractivity contribution is -0.394. The predicted molar refractivity (Wildman–Crippen MR) is 101 cm³/mol. The van der Waals surface area contributed by atoms with Crippen LogP contribution in [0.25, 0.3) is 0 Å². The Labute approximate surface area is 175 Å². The van der Waals surface area contributed by atoms with E-state index < -0.39 is 63.6 Å². The van der Waals surface area contributed by atoms with Crippen molar-refractivity contribution < 1.29 is 43.5 Å². The minimum atomic E-state index is -1.95. The minimum Gasteiger partial charge on any atom is -0.480 e. The first kappa shape index (κ1) is 25.2. The first-order chi connectivity index (χ1) is 14.2. The van der Waals surface area contributed by atoms with E-state index in [0.717, 1.165) is 25.3 Å². The van der Waals surface area contributed by atoms with Gasteiger partial charge >= 0.3 is 18.0 Å². The van der Waals surface area contributed by atoms with Crippen LogP contribution in [0.15, 0.2) is 18.2 Å². The number of amides is 1. The number of nitrogens with one attached hydrogen (secondary N) is 1. The number of methoxy groups -OCH3 is 1. The molecule has 0 bridgehead atoms. The van der Waals surface area contributed by atoms with Gasteiger partial charge in [0.1, 0.15) is 5.60 Å². The van der Waals surface area contributed by atoms with Gasteiger partial charge in [-0.2, -0.15) is 0 Å². The lowest BCUT2D eigenvalue weighted by Gasteiger charge is -2.25. The maximum atomic E-state index is 12.1. The highest BCUT2D eigenvalue weighted by Crippen LogP contribution is 2.24. The SMILES string of the molecule is COC(=O)[C@@H](OCc1cc([N+](=O)[O-])cc([N+](=O)[O-])c1)[C@H](NC(=O)OC(C)(C)C)C(=O)O. The summed E-state index contributed by atoms with van der Waals surface area (Å²) < 4.78 is 14.7. The fraction of sp³-hybridized carbons (Fsp3) is 0.471. The topological polar surface area (TPSA) is 197 Å². The van der Waals surface area contributed by atoms with Gasteiger partial charge in [0.15, 0.2) is 12.1 Å². The number of rotatable bonds is 9. The molecule has 0 saturated carbocycles. The van der Waals surface area contributed by atoms with Crippen molar-refractivity contribution in [2.24, 2.45) is 0 Å². The van der Waals surface area contributed by atoms with Crippen LogP contribution in [0, 0.1) is 20.2 Å². The lowest BCUT2D eigenvalue weighted by Crippen LogP contribution is -2.54. The number of carboxylic acids is 1. The second-order valence-electron chi connectivity index (χ2n) is 7.09. The molecule has 1 rings (SSSR count). The molecule has 0 saturated heterocycles. The van der Waals surface area contributed by atoms with Crippen LogP contribution in [0.3, 0.4) is 0 Å². The van der Waals surface area contributed by atoms with Crippen LogP contribution < -0.4 is 5.32 Å². The van der Waals surface area contributed by atoms with Crippen LogP contribution in [0.1, 0.15) is 26.3 Å². The van der Waals surface area contributed by atoms with E-state index in [-0.39, 0.29) is 5.56 Å². The second-order valence-corrected chi connectivity index (χ2v) is 7.09. The van der Waals surface area contributed by atoms with Gasteiger partial charge in [0.2, 0.25) is 0 Å². The van der Waals surface area contributed by atoms with E-state index in [2.05, 4.69) is 4.74 Å². The number of nitrogens with zero attached hydrogens (tertiary/aromatic N) is 2. The zero-order valence-electron chi connectivity index (χ0n) is 17.0. The molecule has 1 amide bonds. The van der Waals surface area contributed by atoms with Gasteiger partial charge in [0, 0.05) is 12.1 Å². The number of alkyl carbamates (subject to hydrolysis) is 1. The van der Waals surface area contributed by atoms with Crippen molar-refractivity contribution in [3.05, 3.63) is 44.0 Å². The molecule has 0 aromatic heterocycles. The zero-order valence-corrected chi connectivity index (χ0v) is 17.0. The molecule has 170 valence electrons. The van der Waals surface area contributed by atoms with Crippen LogP contribution in [0.2, 0.25) is 0 Å². The zero-order chi connectivity index (χ0) is 23.9. The molecule has 1 aromatic carbocycles. The number of nitro benzene ring substituents is 2. The van der Waals surface area contributed by atoms with Crippen molar-refractivity contribution in [1.29, 1.82) is 0 Å². The maximum absolute atomic E-state index is 12.1. The molecular formula is C17H21N3O11. The lowest BCUT2D eigenvalue weighted by atomic mass is 10.1. The molecule has 0 radical (unpaired) electrons. The van der Waals surface area contributed by atoms with Crippen LogP contribution in [-0.4, -0.2) is 57.8 Å². The number of hydrogen-bond donors (Lipinski definition) is 2. The second kappa shape index (κ2) is 10.3. The summed E-state index contributed by atoms with van der Waals surface area (Å²) in [5.41, 5.74) is -2.26. The summed E-state index contributed by atoms with van der Waals surface area (Å²) >= 11 is 0. The van der Waals surface area contributed by atoms with Gasteiger partial charge in [-0.3, -0.25) is 20.2 Å². The molecule has 0 unspecified atom stereocenters. The van der Waals surface area contributed by atoms with E-state index in [4.69, 9.17) is 9.47 Å². The Bertz CT molecular complexity index is 846. The number of aliphatic carboxylic acids is 1. The summed E-state index contributed by atoms with van der Waals surface area (Å²) in [5.74, 6) is -2.84. The molecule has 0 heterocycles. The summed E-state index contributed by atoms with van der Waals surface area (Å²) in [6.07, 6.45) is -3.04. The van der Waals surface area contributed by atoms with Crippen molar-refractivity contribution >= 4 is 29.4 Å². The monoisotopic (exact) mass is 443 g/mol. The summed E-state index contributed by atoms with van der Waals surface area (Å²) in [5, 5.41) is 33.4. The number of benzene rings is 1. The number of esters is 1. The number of carbonyl (C=O) groups is 3. The van der Waals surface area contributed by atoms with E-state index in [0.29, 0.717) is 0 Å². The Kier molecular flexibility index (Phi) is 8.37. The largest absolute Gasteiger partial charge is 0.480 e. The third-order valence-corrected chi connectivity index (χ3v) is 3.49. The van der Waals surface area contributed by atoms with Gasteiger partial charge in [-0.1, -0.05) is 0 Å². The summed E-state index contributed by atoms with van der Waals surface area (Å²) in [7, 11) is 0.948. The Balaban J connectivity index is 3.16. The highest BCUT2D eigenvalue weighted by atomic mass is 16.6. The summed E-state index contributed by atoms with van der Waals surface area (Å²) in [6.45, 7) is 3.96. The van der Waals surface area contributed by atoms with Gasteiger partial charge in [0.05, 0.1) is 29.6 Å². The van der Waals surface area contributed by atoms with Crippen LogP contribution >= 0.6 is 0 Å². The van der Waals surface area contributed by atoms with Gasteiger partial charge in [-0.05, 0) is 26.3 Å². The van der Waals surface area contributed by atoms with Crippen molar-refractivity contribution in [3.63, 3.8) is 0 Å². The molecule has 0 aliphatic rings. The highest BCUT2D eigenvalue weighted by molar-refractivity contribution is 5.88. The third kappa shape index (κ3) is 7.85. The number of hydrogen-bond acceptors (Lipinski definition) is 10. The van der Waals surface area contributed by atoms with Gasteiger partial charge in [-0.25, -0.2) is 14.4 Å². The first-order valence-corrected chi connectivity index (χ1v) is 8.59. The molecule has 2 atom stereocenters. The van der Waals surface area contributed by atoms with Crippen molar-refractivity contribution in [1.82, 2.24) is 5.32 Å². The molecule has 0 aliphatic carbocycles. The molecule has 1 aromatic rings. The number of ether oxygens (including phenoxy) is 3. The molecule has 0 fully saturated rings. The average molecular weight is 443 g/mol. The quantitative estimate of drug-likeness (QED) is 0.319. The smallest absolute Gasteiger partial charge is 0.408 e. The Morgan fingerprint density at radius 3 is 2.00 bits per heavy atom. The predicted octanol–water partition coefficient (Wildman–Crippen LogP) is 1.54. The van der Waals surface area contributed by atoms with Crippen LogP contribution in [0.4, 0.5) is 16.2 Å². The van der Waals surface area contributed by atoms with Crippen molar-refractivity contribution in [3.8, 4) is 0 Å². The number of non-ortho nitro benzene ring substituents is 2. The molecule has 14 heteroatoms. The van der Waals surface area contributed by atoms with E-state index in [1.54, 1.807) is 0 Å². The van der Waals surface area contributed by atoms with E-state index in [9.17, 15) is 39.7 Å². The normalized spacial score (nSPS) is 12.9. The third-order valence-electron chi connectivity index (χ3n) is 3.49. The fourth-order valence-corrected chi connectivity index (χ4v) is 2.25. The molecule has 31 heavy (non-hydrogen) atoms. The summed E-state index contributed by atoms with van der Waals surface area (Å²) in [4.78, 5) is 55.9. The molecule has 0 spiro atoms. The summed E-state index contributed by atoms with van der Waals surface area (Å²) in [6, 6.07) is 0.693. The fourth-order valence-electron chi connectivity index (χ4n) is 2.25. The Morgan fingerprint density at radius 1 is 1.10 bits per heavy atom. The van der Waals surface area contributed by atoms with Crippen LogP contribution in [-0.2, 0) is 30.4 Å². The Morgan fingerprint density at radius 2 is 1.61 bits per heavy atom. The highest BCUT2D eigenvalue weighted by Gasteiger charge is 2.38.